The number of aromatic nitrogens is 2. The number of rotatable bonds is 14. The Kier molecular flexibility index (Phi) is 21.6. The van der Waals surface area contributed by atoms with Gasteiger partial charge >= 0.3 is 12.2 Å². The van der Waals surface area contributed by atoms with Crippen molar-refractivity contribution in [1.29, 1.82) is 0 Å². The summed E-state index contributed by atoms with van der Waals surface area (Å²) in [6, 6.07) is 28.9. The van der Waals surface area contributed by atoms with Crippen LogP contribution in [0.1, 0.15) is 203 Å². The van der Waals surface area contributed by atoms with E-state index in [1.54, 1.807) is 53.9 Å². The molecule has 8 bridgehead atoms. The first-order chi connectivity index (χ1) is 46.6. The Hall–Kier alpha value is -9.98. The van der Waals surface area contributed by atoms with E-state index in [1.807, 2.05) is 97.1 Å². The van der Waals surface area contributed by atoms with Crippen LogP contribution < -0.4 is 41.8 Å². The lowest BCUT2D eigenvalue weighted by molar-refractivity contribution is -0.131. The minimum absolute atomic E-state index is 0.00498. The number of phenolic OH excluding ortho intramolecular Hbond substituents is 2. The minimum atomic E-state index is -1.18. The lowest BCUT2D eigenvalue weighted by Gasteiger charge is -2.28. The summed E-state index contributed by atoms with van der Waals surface area (Å²) < 4.78 is 24.6. The number of benzene rings is 6. The summed E-state index contributed by atoms with van der Waals surface area (Å²) in [7, 11) is 0. The monoisotopic (exact) mass is 1360 g/mol. The van der Waals surface area contributed by atoms with Gasteiger partial charge in [-0.25, -0.2) is 9.59 Å². The van der Waals surface area contributed by atoms with Crippen LogP contribution in [0.3, 0.4) is 0 Å². The number of aromatic hydroxyl groups is 2. The van der Waals surface area contributed by atoms with Gasteiger partial charge in [0.25, 0.3) is 23.6 Å². The Bertz CT molecular complexity index is 4030. The van der Waals surface area contributed by atoms with E-state index < -0.39 is 94.0 Å². The van der Waals surface area contributed by atoms with E-state index in [2.05, 4.69) is 125 Å². The Morgan fingerprint density at radius 1 is 0.410 bits per heavy atom. The van der Waals surface area contributed by atoms with Gasteiger partial charge < -0.3 is 49.8 Å². The van der Waals surface area contributed by atoms with Crippen LogP contribution in [-0.2, 0) is 88.8 Å². The molecule has 1 aliphatic carbocycles. The number of carbonyl (C=O) groups excluding carboxylic acids is 6. The zero-order chi connectivity index (χ0) is 73.2. The van der Waals surface area contributed by atoms with E-state index >= 15 is 0 Å². The highest BCUT2D eigenvalue weighted by molar-refractivity contribution is 5.91. The Morgan fingerprint density at radius 3 is 0.970 bits per heavy atom. The van der Waals surface area contributed by atoms with E-state index in [-0.39, 0.29) is 50.0 Å². The van der Waals surface area contributed by atoms with Crippen molar-refractivity contribution in [2.45, 2.75) is 208 Å². The van der Waals surface area contributed by atoms with Gasteiger partial charge in [0.05, 0.1) is 0 Å². The van der Waals surface area contributed by atoms with E-state index in [0.717, 1.165) is 55.2 Å². The second-order valence-electron chi connectivity index (χ2n) is 32.4. The van der Waals surface area contributed by atoms with Gasteiger partial charge in [0.1, 0.15) is 46.3 Å². The zero-order valence-electron chi connectivity index (χ0n) is 61.2. The number of H-pyrrole nitrogens is 2. The van der Waals surface area contributed by atoms with Crippen LogP contribution in [0.2, 0.25) is 0 Å². The van der Waals surface area contributed by atoms with Crippen LogP contribution in [-0.4, -0.2) is 92.5 Å². The standard InChI is InChI=1S/C80H100N8O12/c1-75(2,3)55-31-45-27-49-35-57(77(7,8)9)37-51(69(49)97-43-65(89)85-87-71(93)63(83-73(95)99-79(13,14)15)39-53-41-81-61-25-21-19-23-59(53)61)29-47-33-56(76(4,5)6)34-48(68(47)92)30-52-38-58(78(10,11)12)36-50(28-46(32-55)67(45)91)70(52)98-44-66(90)86-88-72(94)64(84-74(96)100-80(16,17)18)40-54-42-82-62-26-22-20-24-60(54)62/h19-26,31-38,41-42,63-64,81-82,91-92H,27-30,39-40,43-44H2,1-18H3,(H,83,95)(H,84,96)(H,85,89)(H,86,90)(H,87,93)(H,88,94)/t63-,64-/m0/s1. The van der Waals surface area contributed by atoms with Gasteiger partial charge in [-0.3, -0.25) is 40.9 Å². The summed E-state index contributed by atoms with van der Waals surface area (Å²) in [4.78, 5) is 89.6. The third kappa shape index (κ3) is 18.9. The number of para-hydroxylation sites is 2. The highest BCUT2D eigenvalue weighted by atomic mass is 16.6. The number of carbonyl (C=O) groups is 6. The van der Waals surface area contributed by atoms with Crippen LogP contribution in [0, 0.1) is 0 Å². The maximum atomic E-state index is 14.2. The van der Waals surface area contributed by atoms with Crippen molar-refractivity contribution in [3.63, 3.8) is 0 Å². The SMILES string of the molecule is CC(C)(C)OC(=O)N[C@@H](Cc1c[nH]c2ccccc12)C(=O)NNC(=O)COc1c2cc(C(C)(C)C)cc1Cc1cc(C(C)(C)C)cc(c1O)Cc1cc(C(C)(C)C)cc(c1OCC(=O)NNC(=O)[C@H](Cc1c[nH]c3ccccc13)NC(=O)OC(C)(C)C)Cc1cc(C(C)(C)C)cc(c1O)C2. The molecule has 532 valence electrons. The lowest BCUT2D eigenvalue weighted by atomic mass is 9.79. The highest BCUT2D eigenvalue weighted by Crippen LogP contribution is 2.44. The van der Waals surface area contributed by atoms with Crippen molar-refractivity contribution in [1.82, 2.24) is 42.3 Å². The first-order valence-corrected chi connectivity index (χ1v) is 34.1. The number of alkyl carbamates (subject to hydrolysis) is 2. The minimum Gasteiger partial charge on any atom is -0.507 e. The molecule has 0 saturated carbocycles. The smallest absolute Gasteiger partial charge is 0.408 e. The molecule has 2 heterocycles. The van der Waals surface area contributed by atoms with Crippen LogP contribution in [0.5, 0.6) is 23.0 Å². The van der Waals surface area contributed by atoms with Gasteiger partial charge in [0.2, 0.25) is 0 Å². The summed E-state index contributed by atoms with van der Waals surface area (Å²) in [5.41, 5.74) is 18.2. The number of amides is 6. The second kappa shape index (κ2) is 29.1. The summed E-state index contributed by atoms with van der Waals surface area (Å²) in [6.45, 7) is 34.3. The molecule has 100 heavy (non-hydrogen) atoms. The van der Waals surface area contributed by atoms with Gasteiger partial charge in [-0.15, -0.1) is 0 Å². The molecule has 0 unspecified atom stereocenters. The molecular formula is C80H100N8O12. The average Bonchev–Trinajstić information content (AvgIpc) is 0.901. The molecule has 8 aromatic rings. The maximum absolute atomic E-state index is 14.2. The van der Waals surface area contributed by atoms with Gasteiger partial charge in [0.15, 0.2) is 13.2 Å². The molecule has 0 spiro atoms. The Labute approximate surface area is 586 Å². The number of phenols is 2. The van der Waals surface area contributed by atoms with E-state index in [0.29, 0.717) is 56.0 Å². The van der Waals surface area contributed by atoms with Crippen LogP contribution in [0.4, 0.5) is 9.59 Å². The van der Waals surface area contributed by atoms with Crippen LogP contribution in [0.15, 0.2) is 109 Å². The average molecular weight is 1370 g/mol. The molecule has 6 amide bonds. The number of hydrazine groups is 2. The molecule has 0 saturated heterocycles. The molecule has 1 aliphatic rings. The first-order valence-electron chi connectivity index (χ1n) is 34.1. The fourth-order valence-corrected chi connectivity index (χ4v) is 12.2. The molecule has 2 atom stereocenters. The molecule has 2 aromatic heterocycles. The summed E-state index contributed by atoms with van der Waals surface area (Å²) in [5, 5.41) is 33.0. The number of ether oxygens (including phenoxy) is 4. The largest absolute Gasteiger partial charge is 0.507 e. The molecule has 10 N–H and O–H groups in total. The maximum Gasteiger partial charge on any atom is 0.408 e. The first kappa shape index (κ1) is 74.2. The number of hydrogen-bond acceptors (Lipinski definition) is 12. The molecule has 6 aromatic carbocycles. The fourth-order valence-electron chi connectivity index (χ4n) is 12.2. The number of nitrogens with one attached hydrogen (secondary N) is 8. The number of aromatic amines is 2. The molecule has 20 heteroatoms. The van der Waals surface area contributed by atoms with Crippen LogP contribution >= 0.6 is 0 Å². The van der Waals surface area contributed by atoms with E-state index in [4.69, 9.17) is 18.9 Å². The van der Waals surface area contributed by atoms with Gasteiger partial charge in [-0.05, 0) is 153 Å². The predicted octanol–water partition coefficient (Wildman–Crippen LogP) is 13.3. The summed E-state index contributed by atoms with van der Waals surface area (Å²) in [6.07, 6.45) is 2.45. The highest BCUT2D eigenvalue weighted by Gasteiger charge is 2.32. The molecular weight excluding hydrogens is 1260 g/mol. The topological polar surface area (TPSA) is 284 Å². The van der Waals surface area contributed by atoms with Crippen molar-refractivity contribution < 1.29 is 57.9 Å². The Balaban J connectivity index is 1.09. The van der Waals surface area contributed by atoms with Crippen molar-refractivity contribution in [3.8, 4) is 23.0 Å². The van der Waals surface area contributed by atoms with Gasteiger partial charge in [-0.2, -0.15) is 0 Å². The number of hydrogen-bond donors (Lipinski definition) is 10. The predicted molar refractivity (Wildman–Crippen MR) is 389 cm³/mol. The van der Waals surface area contributed by atoms with Crippen LogP contribution in [0.25, 0.3) is 21.8 Å². The van der Waals surface area contributed by atoms with Gasteiger partial charge in [-0.1, -0.05) is 168 Å². The molecule has 0 fully saturated rings. The third-order valence-electron chi connectivity index (χ3n) is 17.6. The van der Waals surface area contributed by atoms with E-state index in [9.17, 15) is 39.0 Å². The fraction of sp³-hybridized carbons (Fsp3) is 0.425. The summed E-state index contributed by atoms with van der Waals surface area (Å²) >= 11 is 0. The lowest BCUT2D eigenvalue weighted by Crippen LogP contribution is -2.54. The third-order valence-corrected chi connectivity index (χ3v) is 17.6. The van der Waals surface area contributed by atoms with Gasteiger partial charge in [0, 0.05) is 72.7 Å². The summed E-state index contributed by atoms with van der Waals surface area (Å²) in [5.74, 6) is -2.18. The second-order valence-corrected chi connectivity index (χ2v) is 32.4. The van der Waals surface area contributed by atoms with Crippen molar-refractivity contribution in [2.75, 3.05) is 13.2 Å². The van der Waals surface area contributed by atoms with Crippen molar-refractivity contribution >= 4 is 57.6 Å². The van der Waals surface area contributed by atoms with Crippen molar-refractivity contribution in [2.24, 2.45) is 0 Å². The van der Waals surface area contributed by atoms with Crippen molar-refractivity contribution in [3.05, 3.63) is 187 Å². The Morgan fingerprint density at radius 2 is 0.690 bits per heavy atom. The molecule has 0 radical (unpaired) electrons. The zero-order valence-corrected chi connectivity index (χ0v) is 61.2. The molecule has 20 nitrogen and oxygen atoms in total. The van der Waals surface area contributed by atoms with E-state index in [1.165, 1.54) is 0 Å². The quantitative estimate of drug-likeness (QED) is 0.0455. The number of fused-ring (bicyclic) bond motifs is 10. The molecule has 9 rings (SSSR count). The molecule has 0 aliphatic heterocycles. The normalized spacial score (nSPS) is 13.5.